The molecular weight excluding hydrogens is 302 g/mol. The van der Waals surface area contributed by atoms with Gasteiger partial charge in [0.2, 0.25) is 15.9 Å². The van der Waals surface area contributed by atoms with Crippen LogP contribution < -0.4 is 10.5 Å². The van der Waals surface area contributed by atoms with E-state index in [1.807, 2.05) is 6.07 Å². The van der Waals surface area contributed by atoms with Crippen molar-refractivity contribution in [1.82, 2.24) is 4.72 Å². The van der Waals surface area contributed by atoms with Gasteiger partial charge >= 0.3 is 0 Å². The first-order valence-corrected chi connectivity index (χ1v) is 7.79. The van der Waals surface area contributed by atoms with Gasteiger partial charge in [0.1, 0.15) is 6.04 Å². The Labute approximate surface area is 128 Å². The predicted octanol–water partition coefficient (Wildman–Crippen LogP) is 1.06. The summed E-state index contributed by atoms with van der Waals surface area (Å²) in [5.41, 5.74) is 6.08. The first-order chi connectivity index (χ1) is 10.4. The third-order valence-electron chi connectivity index (χ3n) is 2.98. The third-order valence-corrected chi connectivity index (χ3v) is 4.42. The van der Waals surface area contributed by atoms with Crippen molar-refractivity contribution in [2.24, 2.45) is 5.73 Å². The van der Waals surface area contributed by atoms with Crippen molar-refractivity contribution in [1.29, 1.82) is 5.26 Å². The maximum atomic E-state index is 12.3. The van der Waals surface area contributed by atoms with E-state index in [-0.39, 0.29) is 4.90 Å². The van der Waals surface area contributed by atoms with Crippen LogP contribution in [0.25, 0.3) is 0 Å². The van der Waals surface area contributed by atoms with Crippen LogP contribution in [0.3, 0.4) is 0 Å². The maximum absolute atomic E-state index is 12.3. The fraction of sp³-hybridized carbons (Fsp3) is 0.0667. The van der Waals surface area contributed by atoms with Gasteiger partial charge in [-0.25, -0.2) is 8.42 Å². The number of hydrogen-bond acceptors (Lipinski definition) is 4. The average molecular weight is 315 g/mol. The molecule has 0 aliphatic rings. The minimum absolute atomic E-state index is 0.0475. The Morgan fingerprint density at radius 1 is 1.09 bits per heavy atom. The average Bonchev–Trinajstić information content (AvgIpc) is 2.53. The molecule has 0 heterocycles. The number of nitrogens with zero attached hydrogens (tertiary/aromatic N) is 1. The van der Waals surface area contributed by atoms with E-state index >= 15 is 0 Å². The maximum Gasteiger partial charge on any atom is 0.241 e. The minimum atomic E-state index is -3.94. The van der Waals surface area contributed by atoms with Crippen molar-refractivity contribution in [2.75, 3.05) is 0 Å². The highest BCUT2D eigenvalue weighted by molar-refractivity contribution is 7.89. The normalized spacial score (nSPS) is 12.3. The molecule has 0 bridgehead atoms. The lowest BCUT2D eigenvalue weighted by Crippen LogP contribution is -2.37. The monoisotopic (exact) mass is 315 g/mol. The van der Waals surface area contributed by atoms with E-state index in [1.165, 1.54) is 24.3 Å². The van der Waals surface area contributed by atoms with E-state index in [9.17, 15) is 13.2 Å². The number of nitriles is 1. The first-order valence-electron chi connectivity index (χ1n) is 6.31. The number of carbonyl (C=O) groups is 1. The highest BCUT2D eigenvalue weighted by Gasteiger charge is 2.25. The molecule has 7 heteroatoms. The lowest BCUT2D eigenvalue weighted by molar-refractivity contribution is -0.119. The molecule has 22 heavy (non-hydrogen) atoms. The Bertz CT molecular complexity index is 809. The molecule has 0 unspecified atom stereocenters. The summed E-state index contributed by atoms with van der Waals surface area (Å²) >= 11 is 0. The van der Waals surface area contributed by atoms with Gasteiger partial charge in [-0.2, -0.15) is 9.98 Å². The summed E-state index contributed by atoms with van der Waals surface area (Å²) in [6.45, 7) is 0. The molecule has 0 saturated heterocycles. The van der Waals surface area contributed by atoms with Crippen molar-refractivity contribution in [3.8, 4) is 6.07 Å². The molecule has 6 nitrogen and oxygen atoms in total. The van der Waals surface area contributed by atoms with Gasteiger partial charge in [-0.15, -0.1) is 0 Å². The Hall–Kier alpha value is -2.69. The Kier molecular flexibility index (Phi) is 4.56. The molecule has 0 saturated carbocycles. The fourth-order valence-electron chi connectivity index (χ4n) is 1.87. The lowest BCUT2D eigenvalue weighted by Gasteiger charge is -2.16. The highest BCUT2D eigenvalue weighted by Crippen LogP contribution is 2.17. The Balaban J connectivity index is 2.32. The molecule has 0 fully saturated rings. The number of benzene rings is 2. The van der Waals surface area contributed by atoms with Crippen molar-refractivity contribution in [2.45, 2.75) is 10.9 Å². The zero-order valence-electron chi connectivity index (χ0n) is 11.4. The smallest absolute Gasteiger partial charge is 0.241 e. The van der Waals surface area contributed by atoms with Crippen LogP contribution in [0.4, 0.5) is 0 Å². The first kappa shape index (κ1) is 15.7. The number of amides is 1. The van der Waals surface area contributed by atoms with Crippen LogP contribution in [0.15, 0.2) is 59.5 Å². The summed E-state index contributed by atoms with van der Waals surface area (Å²) < 4.78 is 26.9. The number of nitrogens with two attached hydrogens (primary N) is 1. The number of primary amides is 1. The van der Waals surface area contributed by atoms with Gasteiger partial charge in [-0.3, -0.25) is 4.79 Å². The van der Waals surface area contributed by atoms with Gasteiger partial charge in [0.25, 0.3) is 0 Å². The Morgan fingerprint density at radius 3 is 2.18 bits per heavy atom. The summed E-state index contributed by atoms with van der Waals surface area (Å²) in [6, 6.07) is 14.4. The van der Waals surface area contributed by atoms with Crippen molar-refractivity contribution < 1.29 is 13.2 Å². The van der Waals surface area contributed by atoms with E-state index in [2.05, 4.69) is 4.72 Å². The largest absolute Gasteiger partial charge is 0.368 e. The molecule has 0 radical (unpaired) electrons. The molecule has 112 valence electrons. The quantitative estimate of drug-likeness (QED) is 0.859. The summed E-state index contributed by atoms with van der Waals surface area (Å²) in [6.07, 6.45) is 0. The lowest BCUT2D eigenvalue weighted by atomic mass is 10.1. The predicted molar refractivity (Wildman–Crippen MR) is 79.9 cm³/mol. The van der Waals surface area contributed by atoms with Crippen LogP contribution in [0.1, 0.15) is 17.2 Å². The van der Waals surface area contributed by atoms with E-state index in [1.54, 1.807) is 30.3 Å². The van der Waals surface area contributed by atoms with Crippen LogP contribution in [0, 0.1) is 11.3 Å². The molecule has 0 spiro atoms. The highest BCUT2D eigenvalue weighted by atomic mass is 32.2. The van der Waals surface area contributed by atoms with Crippen molar-refractivity contribution in [3.05, 3.63) is 65.7 Å². The van der Waals surface area contributed by atoms with Gasteiger partial charge < -0.3 is 5.73 Å². The van der Waals surface area contributed by atoms with Crippen molar-refractivity contribution >= 4 is 15.9 Å². The molecule has 0 aliphatic carbocycles. The zero-order chi connectivity index (χ0) is 16.2. The molecule has 0 aromatic heterocycles. The minimum Gasteiger partial charge on any atom is -0.368 e. The Morgan fingerprint density at radius 2 is 1.68 bits per heavy atom. The number of hydrogen-bond donors (Lipinski definition) is 2. The van der Waals surface area contributed by atoms with Gasteiger partial charge in [0.15, 0.2) is 0 Å². The SMILES string of the molecule is N#Cc1ccc(S(=O)(=O)N[C@H](C(N)=O)c2ccccc2)cc1. The van der Waals surface area contributed by atoms with Gasteiger partial charge in [0.05, 0.1) is 16.5 Å². The molecule has 1 atom stereocenters. The molecular formula is C15H13N3O3S. The summed E-state index contributed by atoms with van der Waals surface area (Å²) in [5, 5.41) is 8.72. The molecule has 2 aromatic rings. The van der Waals surface area contributed by atoms with Crippen LogP contribution in [0.2, 0.25) is 0 Å². The molecule has 1 amide bonds. The number of sulfonamides is 1. The van der Waals surface area contributed by atoms with Gasteiger partial charge in [0, 0.05) is 0 Å². The number of rotatable bonds is 5. The van der Waals surface area contributed by atoms with Crippen LogP contribution >= 0.6 is 0 Å². The molecule has 0 aliphatic heterocycles. The third kappa shape index (κ3) is 3.49. The molecule has 2 rings (SSSR count). The number of nitrogens with one attached hydrogen (secondary N) is 1. The van der Waals surface area contributed by atoms with E-state index in [4.69, 9.17) is 11.0 Å². The standard InChI is InChI=1S/C15H13N3O3S/c16-10-11-6-8-13(9-7-11)22(20,21)18-14(15(17)19)12-4-2-1-3-5-12/h1-9,14,18H,(H2,17,19)/t14-/m0/s1. The summed E-state index contributed by atoms with van der Waals surface area (Å²) in [7, 11) is -3.94. The second kappa shape index (κ2) is 6.39. The van der Waals surface area contributed by atoms with E-state index < -0.39 is 22.0 Å². The second-order valence-electron chi connectivity index (χ2n) is 4.50. The van der Waals surface area contributed by atoms with Gasteiger partial charge in [-0.05, 0) is 29.8 Å². The van der Waals surface area contributed by atoms with Gasteiger partial charge in [-0.1, -0.05) is 30.3 Å². The summed E-state index contributed by atoms with van der Waals surface area (Å²) in [5.74, 6) is -0.802. The van der Waals surface area contributed by atoms with E-state index in [0.717, 1.165) is 0 Å². The topological polar surface area (TPSA) is 113 Å². The van der Waals surface area contributed by atoms with Crippen LogP contribution in [-0.2, 0) is 14.8 Å². The van der Waals surface area contributed by atoms with E-state index in [0.29, 0.717) is 11.1 Å². The second-order valence-corrected chi connectivity index (χ2v) is 6.22. The number of carbonyl (C=O) groups excluding carboxylic acids is 1. The zero-order valence-corrected chi connectivity index (χ0v) is 12.2. The van der Waals surface area contributed by atoms with Crippen LogP contribution in [-0.4, -0.2) is 14.3 Å². The molecule has 3 N–H and O–H groups in total. The van der Waals surface area contributed by atoms with Crippen LogP contribution in [0.5, 0.6) is 0 Å². The molecule has 2 aromatic carbocycles. The van der Waals surface area contributed by atoms with Crippen molar-refractivity contribution in [3.63, 3.8) is 0 Å². The fourth-order valence-corrected chi connectivity index (χ4v) is 3.06. The summed E-state index contributed by atoms with van der Waals surface area (Å²) in [4.78, 5) is 11.5.